The molecule has 0 radical (unpaired) electrons. The van der Waals surface area contributed by atoms with Crippen LogP contribution in [0, 0.1) is 0 Å². The molecule has 0 saturated heterocycles. The predicted molar refractivity (Wildman–Crippen MR) is 118 cm³/mol. The highest BCUT2D eigenvalue weighted by atomic mass is 35.5. The minimum atomic E-state index is -0.970. The molecule has 0 atom stereocenters. The minimum Gasteiger partial charge on any atom is -0.508 e. The van der Waals surface area contributed by atoms with E-state index >= 15 is 0 Å². The first-order valence-corrected chi connectivity index (χ1v) is 9.90. The molecule has 0 saturated carbocycles. The van der Waals surface area contributed by atoms with E-state index in [9.17, 15) is 19.5 Å². The Morgan fingerprint density at radius 2 is 1.84 bits per heavy atom. The quantitative estimate of drug-likeness (QED) is 0.311. The molecular weight excluding hydrogens is 441 g/mol. The summed E-state index contributed by atoms with van der Waals surface area (Å²) in [4.78, 5) is 39.6. The molecule has 0 fully saturated rings. The molecule has 0 spiro atoms. The summed E-state index contributed by atoms with van der Waals surface area (Å²) in [6.45, 7) is 0. The number of benzene rings is 1. The number of H-pyrrole nitrogens is 1. The standard InChI is InChI=1S/C22H15Cl2N3O4/c23-16-11-25-21(30)18(24)19(16)26-22(31)20(29)15-10-13(27-8-2-1-3-17(15)27)9-12-4-6-14(28)7-5-12/h1-8,10-11,28H,9H2,(H2,25,26,30,31). The van der Waals surface area contributed by atoms with Crippen molar-refractivity contribution in [1.82, 2.24) is 9.38 Å². The van der Waals surface area contributed by atoms with Crippen molar-refractivity contribution >= 4 is 46.1 Å². The first kappa shape index (κ1) is 20.7. The van der Waals surface area contributed by atoms with Crippen LogP contribution in [0.2, 0.25) is 10.0 Å². The van der Waals surface area contributed by atoms with Crippen LogP contribution in [0.25, 0.3) is 5.52 Å². The van der Waals surface area contributed by atoms with E-state index in [4.69, 9.17) is 23.2 Å². The zero-order chi connectivity index (χ0) is 22.1. The van der Waals surface area contributed by atoms with E-state index in [2.05, 4.69) is 10.3 Å². The molecule has 31 heavy (non-hydrogen) atoms. The number of rotatable bonds is 5. The summed E-state index contributed by atoms with van der Waals surface area (Å²) in [7, 11) is 0. The summed E-state index contributed by atoms with van der Waals surface area (Å²) in [6, 6.07) is 13.7. The molecule has 0 aliphatic heterocycles. The molecule has 4 rings (SSSR count). The van der Waals surface area contributed by atoms with Crippen LogP contribution in [-0.4, -0.2) is 26.2 Å². The van der Waals surface area contributed by atoms with E-state index in [-0.39, 0.29) is 27.0 Å². The van der Waals surface area contributed by atoms with Crippen molar-refractivity contribution in [1.29, 1.82) is 0 Å². The fourth-order valence-electron chi connectivity index (χ4n) is 3.25. The molecule has 0 unspecified atom stereocenters. The van der Waals surface area contributed by atoms with Crippen LogP contribution in [0.3, 0.4) is 0 Å². The van der Waals surface area contributed by atoms with Gasteiger partial charge in [0.2, 0.25) is 0 Å². The number of hydrogen-bond donors (Lipinski definition) is 3. The number of aromatic amines is 1. The molecule has 0 bridgehead atoms. The second-order valence-electron chi connectivity index (χ2n) is 6.79. The summed E-state index contributed by atoms with van der Waals surface area (Å²) in [6.07, 6.45) is 3.45. The van der Waals surface area contributed by atoms with Crippen LogP contribution in [0.15, 0.2) is 65.7 Å². The van der Waals surface area contributed by atoms with E-state index in [1.807, 2.05) is 10.5 Å². The fourth-order valence-corrected chi connectivity index (χ4v) is 3.70. The number of anilines is 1. The number of amides is 1. The number of pyridine rings is 2. The Kier molecular flexibility index (Phi) is 5.54. The summed E-state index contributed by atoms with van der Waals surface area (Å²) in [5.41, 5.74) is 1.69. The third kappa shape index (κ3) is 4.05. The Morgan fingerprint density at radius 1 is 1.10 bits per heavy atom. The average Bonchev–Trinajstić information content (AvgIpc) is 3.13. The topological polar surface area (TPSA) is 104 Å². The number of ketones is 1. The van der Waals surface area contributed by atoms with Crippen molar-refractivity contribution in [3.63, 3.8) is 0 Å². The van der Waals surface area contributed by atoms with Gasteiger partial charge in [0.05, 0.1) is 21.8 Å². The zero-order valence-electron chi connectivity index (χ0n) is 15.9. The van der Waals surface area contributed by atoms with E-state index in [1.54, 1.807) is 48.7 Å². The van der Waals surface area contributed by atoms with Crippen molar-refractivity contribution in [2.24, 2.45) is 0 Å². The molecule has 1 amide bonds. The third-order valence-electron chi connectivity index (χ3n) is 4.75. The highest BCUT2D eigenvalue weighted by molar-refractivity contribution is 6.49. The lowest BCUT2D eigenvalue weighted by Crippen LogP contribution is -2.24. The molecular formula is C22H15Cl2N3O4. The lowest BCUT2D eigenvalue weighted by Gasteiger charge is -2.07. The fraction of sp³-hybridized carbons (Fsp3) is 0.0455. The molecule has 3 N–H and O–H groups in total. The van der Waals surface area contributed by atoms with Gasteiger partial charge in [0.25, 0.3) is 17.2 Å². The molecule has 0 aliphatic carbocycles. The molecule has 7 nitrogen and oxygen atoms in total. The first-order valence-electron chi connectivity index (χ1n) is 9.14. The van der Waals surface area contributed by atoms with E-state index < -0.39 is 17.2 Å². The van der Waals surface area contributed by atoms with Gasteiger partial charge in [-0.1, -0.05) is 41.4 Å². The first-order chi connectivity index (χ1) is 14.8. The number of carbonyl (C=O) groups excluding carboxylic acids is 2. The second kappa shape index (κ2) is 8.29. The van der Waals surface area contributed by atoms with Gasteiger partial charge < -0.3 is 19.8 Å². The highest BCUT2D eigenvalue weighted by Crippen LogP contribution is 2.27. The summed E-state index contributed by atoms with van der Waals surface area (Å²) in [5, 5.41) is 11.5. The maximum atomic E-state index is 13.0. The molecule has 1 aromatic carbocycles. The van der Waals surface area contributed by atoms with Crippen molar-refractivity contribution in [3.05, 3.63) is 98.1 Å². The smallest absolute Gasteiger partial charge is 0.296 e. The maximum absolute atomic E-state index is 13.0. The van der Waals surface area contributed by atoms with Crippen LogP contribution < -0.4 is 10.9 Å². The Morgan fingerprint density at radius 3 is 2.58 bits per heavy atom. The number of aromatic nitrogens is 2. The number of halogens is 2. The lowest BCUT2D eigenvalue weighted by molar-refractivity contribution is -0.112. The number of nitrogens with one attached hydrogen (secondary N) is 2. The number of nitrogens with zero attached hydrogens (tertiary/aromatic N) is 1. The SMILES string of the molecule is O=C(Nc1c(Cl)c[nH]c(=O)c1Cl)C(=O)c1cc(Cc2ccc(O)cc2)n2ccccc12. The maximum Gasteiger partial charge on any atom is 0.296 e. The van der Waals surface area contributed by atoms with Crippen LogP contribution in [0.1, 0.15) is 21.6 Å². The Bertz CT molecular complexity index is 1370. The molecule has 156 valence electrons. The number of phenols is 1. The number of aromatic hydroxyl groups is 1. The van der Waals surface area contributed by atoms with Crippen molar-refractivity contribution < 1.29 is 14.7 Å². The van der Waals surface area contributed by atoms with Crippen LogP contribution in [-0.2, 0) is 11.2 Å². The van der Waals surface area contributed by atoms with Gasteiger partial charge in [-0.05, 0) is 35.9 Å². The summed E-state index contributed by atoms with van der Waals surface area (Å²) >= 11 is 11.9. The monoisotopic (exact) mass is 455 g/mol. The van der Waals surface area contributed by atoms with Crippen molar-refractivity contribution in [2.75, 3.05) is 5.32 Å². The number of phenolic OH excluding ortho intramolecular Hbond substituents is 1. The number of hydrogen-bond acceptors (Lipinski definition) is 4. The highest BCUT2D eigenvalue weighted by Gasteiger charge is 2.24. The third-order valence-corrected chi connectivity index (χ3v) is 5.41. The number of Topliss-reactive ketones (excluding diaryl/α,β-unsaturated/α-hetero) is 1. The number of carbonyl (C=O) groups is 2. The van der Waals surface area contributed by atoms with Gasteiger partial charge in [-0.2, -0.15) is 0 Å². The van der Waals surface area contributed by atoms with E-state index in [0.717, 1.165) is 11.3 Å². The number of fused-ring (bicyclic) bond motifs is 1. The van der Waals surface area contributed by atoms with Crippen LogP contribution in [0.5, 0.6) is 5.75 Å². The molecule has 3 aromatic heterocycles. The van der Waals surface area contributed by atoms with Gasteiger partial charge in [-0.3, -0.25) is 14.4 Å². The summed E-state index contributed by atoms with van der Waals surface area (Å²) < 4.78 is 1.82. The molecule has 3 heterocycles. The van der Waals surface area contributed by atoms with Gasteiger partial charge in [0, 0.05) is 24.5 Å². The minimum absolute atomic E-state index is 0.000471. The van der Waals surface area contributed by atoms with Gasteiger partial charge >= 0.3 is 0 Å². The Hall–Kier alpha value is -3.55. The molecule has 4 aromatic rings. The normalized spacial score (nSPS) is 10.9. The molecule has 9 heteroatoms. The largest absolute Gasteiger partial charge is 0.508 e. The van der Waals surface area contributed by atoms with E-state index in [1.165, 1.54) is 6.20 Å². The zero-order valence-corrected chi connectivity index (χ0v) is 17.4. The predicted octanol–water partition coefficient (Wildman–Crippen LogP) is 4.05. The van der Waals surface area contributed by atoms with Crippen LogP contribution >= 0.6 is 23.2 Å². The van der Waals surface area contributed by atoms with E-state index in [0.29, 0.717) is 11.9 Å². The van der Waals surface area contributed by atoms with Crippen molar-refractivity contribution in [2.45, 2.75) is 6.42 Å². The van der Waals surface area contributed by atoms with Crippen LogP contribution in [0.4, 0.5) is 5.69 Å². The Balaban J connectivity index is 1.68. The van der Waals surface area contributed by atoms with Gasteiger partial charge in [-0.15, -0.1) is 0 Å². The lowest BCUT2D eigenvalue weighted by atomic mass is 10.1. The second-order valence-corrected chi connectivity index (χ2v) is 7.57. The van der Waals surface area contributed by atoms with Gasteiger partial charge in [-0.25, -0.2) is 0 Å². The van der Waals surface area contributed by atoms with Gasteiger partial charge in [0.15, 0.2) is 0 Å². The Labute approximate surface area is 185 Å². The average molecular weight is 456 g/mol. The molecule has 0 aliphatic rings. The van der Waals surface area contributed by atoms with Gasteiger partial charge in [0.1, 0.15) is 10.8 Å². The van der Waals surface area contributed by atoms with Crippen molar-refractivity contribution in [3.8, 4) is 5.75 Å². The summed E-state index contributed by atoms with van der Waals surface area (Å²) in [5.74, 6) is -1.61.